The van der Waals surface area contributed by atoms with E-state index in [9.17, 15) is 0 Å². The van der Waals surface area contributed by atoms with E-state index >= 15 is 0 Å². The summed E-state index contributed by atoms with van der Waals surface area (Å²) < 4.78 is 10.8. The number of hydrogen-bond acceptors (Lipinski definition) is 3. The summed E-state index contributed by atoms with van der Waals surface area (Å²) in [6.45, 7) is 4.25. The molecule has 0 spiro atoms. The van der Waals surface area contributed by atoms with Gasteiger partial charge < -0.3 is 20.5 Å². The molecule has 0 atom stereocenters. The van der Waals surface area contributed by atoms with E-state index in [-0.39, 0.29) is 29.4 Å². The molecular weight excluding hydrogens is 489 g/mol. The summed E-state index contributed by atoms with van der Waals surface area (Å²) in [7, 11) is 1.59. The molecule has 0 saturated carbocycles. The number of anilines is 1. The number of ether oxygens (including phenoxy) is 2. The molecule has 0 unspecified atom stereocenters. The Morgan fingerprint density at radius 2 is 1.96 bits per heavy atom. The number of methoxy groups -OCH3 is 1. The van der Waals surface area contributed by atoms with Crippen molar-refractivity contribution in [2.24, 2.45) is 10.7 Å². The fourth-order valence-electron chi connectivity index (χ4n) is 3.61. The molecule has 5 nitrogen and oxygen atoms in total. The van der Waals surface area contributed by atoms with Crippen molar-refractivity contribution < 1.29 is 9.47 Å². The predicted octanol–water partition coefficient (Wildman–Crippen LogP) is 4.75. The lowest BCUT2D eigenvalue weighted by atomic mass is 9.72. The van der Waals surface area contributed by atoms with E-state index in [0.29, 0.717) is 23.3 Å². The van der Waals surface area contributed by atoms with Crippen LogP contribution in [-0.2, 0) is 10.2 Å². The second kappa shape index (κ2) is 10.3. The predicted molar refractivity (Wildman–Crippen MR) is 126 cm³/mol. The molecule has 3 N–H and O–H groups in total. The zero-order valence-corrected chi connectivity index (χ0v) is 19.3. The minimum atomic E-state index is -0.0482. The molecule has 1 heterocycles. The van der Waals surface area contributed by atoms with Gasteiger partial charge in [-0.3, -0.25) is 4.99 Å². The Kier molecular flexibility index (Phi) is 8.39. The van der Waals surface area contributed by atoms with Gasteiger partial charge in [-0.05, 0) is 49.1 Å². The lowest BCUT2D eigenvalue weighted by Crippen LogP contribution is -2.38. The normalized spacial score (nSPS) is 16.2. The summed E-state index contributed by atoms with van der Waals surface area (Å²) in [5.74, 6) is 0.995. The largest absolute Gasteiger partial charge is 0.495 e. The number of nitrogens with zero attached hydrogens (tertiary/aromatic N) is 1. The molecule has 152 valence electrons. The zero-order valence-electron chi connectivity index (χ0n) is 16.2. The number of benzene rings is 2. The minimum absolute atomic E-state index is 0. The van der Waals surface area contributed by atoms with Crippen molar-refractivity contribution in [3.05, 3.63) is 58.6 Å². The van der Waals surface area contributed by atoms with Gasteiger partial charge >= 0.3 is 0 Å². The van der Waals surface area contributed by atoms with E-state index in [2.05, 4.69) is 41.5 Å². The van der Waals surface area contributed by atoms with E-state index in [0.717, 1.165) is 31.7 Å². The lowest BCUT2D eigenvalue weighted by molar-refractivity contribution is 0.0529. The molecule has 0 bridgehead atoms. The Labute approximate surface area is 188 Å². The zero-order chi connectivity index (χ0) is 19.3. The summed E-state index contributed by atoms with van der Waals surface area (Å²) in [6, 6.07) is 13.9. The SMILES string of the molecule is COc1ccc(NC(N)=NCC2(c3ccccc3C)CCOCC2)cc1Cl.I. The Balaban J connectivity index is 0.00000280. The summed E-state index contributed by atoms with van der Waals surface area (Å²) in [5, 5.41) is 3.64. The molecule has 1 aliphatic heterocycles. The van der Waals surface area contributed by atoms with Gasteiger partial charge in [0.05, 0.1) is 18.7 Å². The minimum Gasteiger partial charge on any atom is -0.495 e. The van der Waals surface area contributed by atoms with E-state index in [1.165, 1.54) is 11.1 Å². The molecule has 2 aromatic rings. The fourth-order valence-corrected chi connectivity index (χ4v) is 3.87. The van der Waals surface area contributed by atoms with Crippen LogP contribution in [-0.4, -0.2) is 32.8 Å². The molecular formula is C21H27ClIN3O2. The number of nitrogens with two attached hydrogens (primary N) is 1. The monoisotopic (exact) mass is 515 g/mol. The Bertz CT molecular complexity index is 823. The smallest absolute Gasteiger partial charge is 0.193 e. The molecule has 1 aliphatic rings. The van der Waals surface area contributed by atoms with Crippen LogP contribution >= 0.6 is 35.6 Å². The second-order valence-electron chi connectivity index (χ2n) is 6.88. The quantitative estimate of drug-likeness (QED) is 0.343. The number of aryl methyl sites for hydroxylation is 1. The third kappa shape index (κ3) is 5.30. The number of rotatable bonds is 5. The highest BCUT2D eigenvalue weighted by molar-refractivity contribution is 14.0. The van der Waals surface area contributed by atoms with Crippen molar-refractivity contribution >= 4 is 47.2 Å². The van der Waals surface area contributed by atoms with Gasteiger partial charge in [-0.2, -0.15) is 0 Å². The third-order valence-corrected chi connectivity index (χ3v) is 5.44. The molecule has 1 fully saturated rings. The molecule has 0 amide bonds. The molecule has 0 aromatic heterocycles. The molecule has 28 heavy (non-hydrogen) atoms. The van der Waals surface area contributed by atoms with Crippen LogP contribution in [0.4, 0.5) is 5.69 Å². The summed E-state index contributed by atoms with van der Waals surface area (Å²) >= 11 is 6.17. The van der Waals surface area contributed by atoms with Gasteiger partial charge in [0.15, 0.2) is 5.96 Å². The number of hydrogen-bond donors (Lipinski definition) is 2. The number of aliphatic imine (C=N–C) groups is 1. The van der Waals surface area contributed by atoms with Gasteiger partial charge in [0.25, 0.3) is 0 Å². The van der Waals surface area contributed by atoms with Crippen molar-refractivity contribution in [3.8, 4) is 5.75 Å². The first kappa shape index (κ1) is 22.8. The Morgan fingerprint density at radius 1 is 1.25 bits per heavy atom. The number of halogens is 2. The first-order valence-electron chi connectivity index (χ1n) is 9.08. The Morgan fingerprint density at radius 3 is 2.61 bits per heavy atom. The van der Waals surface area contributed by atoms with Crippen LogP contribution in [0.1, 0.15) is 24.0 Å². The average molecular weight is 516 g/mol. The topological polar surface area (TPSA) is 68.9 Å². The van der Waals surface area contributed by atoms with Crippen LogP contribution in [0.2, 0.25) is 5.02 Å². The molecule has 0 radical (unpaired) electrons. The first-order chi connectivity index (χ1) is 13.0. The number of nitrogens with one attached hydrogen (secondary N) is 1. The van der Waals surface area contributed by atoms with Gasteiger partial charge in [-0.15, -0.1) is 24.0 Å². The standard InChI is InChI=1S/C21H26ClN3O2.HI/c1-15-5-3-4-6-17(15)21(9-11-27-12-10-21)14-24-20(23)25-16-7-8-19(26-2)18(22)13-16;/h3-8,13H,9-12,14H2,1-2H3,(H3,23,24,25);1H. The van der Waals surface area contributed by atoms with Crippen LogP contribution in [0, 0.1) is 6.92 Å². The Hall–Kier alpha value is -1.51. The van der Waals surface area contributed by atoms with E-state index < -0.39 is 0 Å². The van der Waals surface area contributed by atoms with Crippen LogP contribution in [0.15, 0.2) is 47.5 Å². The summed E-state index contributed by atoms with van der Waals surface area (Å²) in [6.07, 6.45) is 1.87. The highest BCUT2D eigenvalue weighted by atomic mass is 127. The molecule has 7 heteroatoms. The van der Waals surface area contributed by atoms with Gasteiger partial charge in [-0.25, -0.2) is 0 Å². The van der Waals surface area contributed by atoms with Crippen molar-refractivity contribution in [1.82, 2.24) is 0 Å². The second-order valence-corrected chi connectivity index (χ2v) is 7.29. The van der Waals surface area contributed by atoms with Gasteiger partial charge in [-0.1, -0.05) is 35.9 Å². The van der Waals surface area contributed by atoms with Gasteiger partial charge in [0, 0.05) is 24.3 Å². The van der Waals surface area contributed by atoms with Crippen molar-refractivity contribution in [2.45, 2.75) is 25.2 Å². The molecule has 3 rings (SSSR count). The third-order valence-electron chi connectivity index (χ3n) is 5.14. The van der Waals surface area contributed by atoms with E-state index in [1.54, 1.807) is 19.2 Å². The van der Waals surface area contributed by atoms with Gasteiger partial charge in [0.2, 0.25) is 0 Å². The molecule has 0 aliphatic carbocycles. The van der Waals surface area contributed by atoms with Crippen LogP contribution in [0.25, 0.3) is 0 Å². The van der Waals surface area contributed by atoms with Crippen LogP contribution < -0.4 is 15.8 Å². The summed E-state index contributed by atoms with van der Waals surface area (Å²) in [5.41, 5.74) is 9.49. The van der Waals surface area contributed by atoms with E-state index in [1.807, 2.05) is 6.07 Å². The fraction of sp³-hybridized carbons (Fsp3) is 0.381. The highest BCUT2D eigenvalue weighted by Gasteiger charge is 2.35. The van der Waals surface area contributed by atoms with Crippen molar-refractivity contribution in [1.29, 1.82) is 0 Å². The van der Waals surface area contributed by atoms with Crippen molar-refractivity contribution in [2.75, 3.05) is 32.2 Å². The van der Waals surface area contributed by atoms with Crippen molar-refractivity contribution in [3.63, 3.8) is 0 Å². The lowest BCUT2D eigenvalue weighted by Gasteiger charge is -2.37. The molecule has 2 aromatic carbocycles. The maximum Gasteiger partial charge on any atom is 0.193 e. The van der Waals surface area contributed by atoms with Gasteiger partial charge in [0.1, 0.15) is 5.75 Å². The number of guanidine groups is 1. The highest BCUT2D eigenvalue weighted by Crippen LogP contribution is 2.37. The first-order valence-corrected chi connectivity index (χ1v) is 9.46. The molecule has 1 saturated heterocycles. The maximum absolute atomic E-state index is 6.17. The van der Waals surface area contributed by atoms with E-state index in [4.69, 9.17) is 26.8 Å². The average Bonchev–Trinajstić information content (AvgIpc) is 2.68. The maximum atomic E-state index is 6.17. The van der Waals surface area contributed by atoms with Crippen LogP contribution in [0.5, 0.6) is 5.75 Å². The summed E-state index contributed by atoms with van der Waals surface area (Å²) in [4.78, 5) is 4.66. The van der Waals surface area contributed by atoms with Crippen LogP contribution in [0.3, 0.4) is 0 Å².